The molecular weight excluding hydrogens is 316 g/mol. The van der Waals surface area contributed by atoms with Crippen LogP contribution in [0.3, 0.4) is 0 Å². The molecule has 1 saturated carbocycles. The van der Waals surface area contributed by atoms with Crippen LogP contribution in [-0.4, -0.2) is 17.2 Å². The summed E-state index contributed by atoms with van der Waals surface area (Å²) in [6.45, 7) is 4.10. The van der Waals surface area contributed by atoms with Crippen molar-refractivity contribution in [1.82, 2.24) is 0 Å². The molecule has 1 aliphatic rings. The van der Waals surface area contributed by atoms with Gasteiger partial charge in [-0.3, -0.25) is 9.59 Å². The molecule has 0 amide bonds. The van der Waals surface area contributed by atoms with E-state index >= 15 is 0 Å². The van der Waals surface area contributed by atoms with Crippen LogP contribution in [0.15, 0.2) is 48.5 Å². The van der Waals surface area contributed by atoms with Crippen molar-refractivity contribution in [3.8, 4) is 0 Å². The van der Waals surface area contributed by atoms with E-state index in [4.69, 9.17) is 0 Å². The molecule has 0 radical (unpaired) electrons. The maximum absolute atomic E-state index is 12.6. The molecule has 0 unspecified atom stereocenters. The highest BCUT2D eigenvalue weighted by Crippen LogP contribution is 2.49. The fraction of sp³-hybridized carbons (Fsp3) is 0.333. The number of rotatable bonds is 3. The van der Waals surface area contributed by atoms with Gasteiger partial charge in [0, 0.05) is 12.3 Å². The first kappa shape index (κ1) is 17.0. The number of hydrogen-bond acceptors (Lipinski definition) is 3. The Bertz CT molecular complexity index is 746. The van der Waals surface area contributed by atoms with Crippen LogP contribution < -0.4 is 0 Å². The fourth-order valence-electron chi connectivity index (χ4n) is 3.66. The first-order chi connectivity index (χ1) is 11.5. The van der Waals surface area contributed by atoms with Gasteiger partial charge < -0.3 is 0 Å². The molecule has 2 aromatic rings. The number of hydrogen-bond donors (Lipinski definition) is 0. The van der Waals surface area contributed by atoms with E-state index in [1.807, 2.05) is 6.92 Å². The second-order valence-electron chi connectivity index (χ2n) is 6.62. The molecule has 2 nitrogen and oxygen atoms in total. The molecule has 0 saturated heterocycles. The summed E-state index contributed by atoms with van der Waals surface area (Å²) in [6, 6.07) is 16.6. The summed E-state index contributed by atoms with van der Waals surface area (Å²) in [4.78, 5) is 25.1. The van der Waals surface area contributed by atoms with Crippen LogP contribution >= 0.6 is 11.8 Å². The second-order valence-corrected chi connectivity index (χ2v) is 7.44. The molecule has 0 N–H and O–H groups in total. The van der Waals surface area contributed by atoms with E-state index in [1.165, 1.54) is 22.9 Å². The Labute approximate surface area is 147 Å². The summed E-state index contributed by atoms with van der Waals surface area (Å²) in [5.74, 6) is -0.456. The van der Waals surface area contributed by atoms with E-state index in [-0.39, 0.29) is 22.7 Å². The van der Waals surface area contributed by atoms with E-state index in [0.29, 0.717) is 6.42 Å². The van der Waals surface area contributed by atoms with Crippen LogP contribution in [-0.2, 0) is 9.59 Å². The van der Waals surface area contributed by atoms with Gasteiger partial charge in [0.25, 0.3) is 0 Å². The number of carbonyl (C=O) groups is 2. The van der Waals surface area contributed by atoms with Crippen LogP contribution in [0.25, 0.3) is 0 Å². The molecule has 0 spiro atoms. The maximum Gasteiger partial charge on any atom is 0.199 e. The third-order valence-corrected chi connectivity index (χ3v) is 5.64. The van der Waals surface area contributed by atoms with Crippen molar-refractivity contribution in [3.05, 3.63) is 70.8 Å². The lowest BCUT2D eigenvalue weighted by atomic mass is 9.80. The lowest BCUT2D eigenvalue weighted by Crippen LogP contribution is -2.22. The molecule has 1 aliphatic carbocycles. The number of Topliss-reactive ketones (excluding diaryl/α,β-unsaturated/α-hetero) is 1. The Morgan fingerprint density at radius 3 is 1.92 bits per heavy atom. The van der Waals surface area contributed by atoms with Crippen LogP contribution in [0.1, 0.15) is 40.5 Å². The van der Waals surface area contributed by atoms with Crippen LogP contribution in [0.5, 0.6) is 0 Å². The van der Waals surface area contributed by atoms with Gasteiger partial charge in [-0.1, -0.05) is 71.4 Å². The normalized spacial score (nSPS) is 23.5. The topological polar surface area (TPSA) is 34.1 Å². The van der Waals surface area contributed by atoms with Crippen molar-refractivity contribution in [2.75, 3.05) is 6.26 Å². The zero-order chi connectivity index (χ0) is 17.3. The number of carbonyl (C=O) groups excluding carboxylic acids is 2. The molecule has 24 heavy (non-hydrogen) atoms. The van der Waals surface area contributed by atoms with Gasteiger partial charge in [0.05, 0.1) is 5.92 Å². The summed E-state index contributed by atoms with van der Waals surface area (Å²) in [5, 5.41) is -0.0137. The van der Waals surface area contributed by atoms with Crippen molar-refractivity contribution in [3.63, 3.8) is 0 Å². The number of ketones is 1. The third-order valence-electron chi connectivity index (χ3n) is 4.98. The van der Waals surface area contributed by atoms with Gasteiger partial charge in [-0.2, -0.15) is 0 Å². The quantitative estimate of drug-likeness (QED) is 0.764. The first-order valence-corrected chi connectivity index (χ1v) is 9.47. The van der Waals surface area contributed by atoms with Crippen LogP contribution in [0.2, 0.25) is 0 Å². The van der Waals surface area contributed by atoms with Gasteiger partial charge in [-0.15, -0.1) is 0 Å². The predicted molar refractivity (Wildman–Crippen MR) is 99.5 cm³/mol. The van der Waals surface area contributed by atoms with Crippen molar-refractivity contribution in [2.45, 2.75) is 32.1 Å². The lowest BCUT2D eigenvalue weighted by Gasteiger charge is -2.24. The number of aryl methyl sites for hydroxylation is 2. The third kappa shape index (κ3) is 3.18. The van der Waals surface area contributed by atoms with Gasteiger partial charge in [0.1, 0.15) is 5.78 Å². The summed E-state index contributed by atoms with van der Waals surface area (Å²) in [6.07, 6.45) is 2.21. The van der Waals surface area contributed by atoms with Crippen molar-refractivity contribution < 1.29 is 9.59 Å². The SMILES string of the molecule is CSC(=O)[C@H]1C(=O)C[C@@H](c2ccc(C)cc2)[C@@H]1c1ccc(C)cc1. The number of benzene rings is 2. The molecule has 3 heteroatoms. The van der Waals surface area contributed by atoms with Crippen LogP contribution in [0.4, 0.5) is 0 Å². The van der Waals surface area contributed by atoms with E-state index in [2.05, 4.69) is 55.5 Å². The van der Waals surface area contributed by atoms with E-state index < -0.39 is 5.92 Å². The van der Waals surface area contributed by atoms with Crippen LogP contribution in [0, 0.1) is 19.8 Å². The van der Waals surface area contributed by atoms with Gasteiger partial charge in [-0.25, -0.2) is 0 Å². The van der Waals surface area contributed by atoms with Crippen molar-refractivity contribution in [2.24, 2.45) is 5.92 Å². The maximum atomic E-state index is 12.6. The minimum Gasteiger partial charge on any atom is -0.299 e. The van der Waals surface area contributed by atoms with Gasteiger partial charge in [0.15, 0.2) is 5.12 Å². The van der Waals surface area contributed by atoms with Crippen molar-refractivity contribution >= 4 is 22.7 Å². The largest absolute Gasteiger partial charge is 0.299 e. The van der Waals surface area contributed by atoms with E-state index in [9.17, 15) is 9.59 Å². The van der Waals surface area contributed by atoms with E-state index in [1.54, 1.807) is 6.26 Å². The smallest absolute Gasteiger partial charge is 0.199 e. The summed E-state index contributed by atoms with van der Waals surface area (Å²) in [5.41, 5.74) is 4.62. The summed E-state index contributed by atoms with van der Waals surface area (Å²) in [7, 11) is 0. The molecule has 0 heterocycles. The Balaban J connectivity index is 2.06. The molecule has 0 aliphatic heterocycles. The average molecular weight is 338 g/mol. The molecule has 124 valence electrons. The molecule has 3 atom stereocenters. The predicted octanol–water partition coefficient (Wildman–Crippen LogP) is 4.65. The summed E-state index contributed by atoms with van der Waals surface area (Å²) >= 11 is 1.17. The minimum absolute atomic E-state index is 0.0137. The highest BCUT2D eigenvalue weighted by Gasteiger charge is 2.47. The lowest BCUT2D eigenvalue weighted by molar-refractivity contribution is -0.126. The molecule has 0 aromatic heterocycles. The van der Waals surface area contributed by atoms with E-state index in [0.717, 1.165) is 11.1 Å². The minimum atomic E-state index is -0.533. The number of thioether (sulfide) groups is 1. The summed E-state index contributed by atoms with van der Waals surface area (Å²) < 4.78 is 0. The Morgan fingerprint density at radius 1 is 0.917 bits per heavy atom. The standard InChI is InChI=1S/C21H22O2S/c1-13-4-8-15(9-5-13)17-12-18(22)20(21(23)24-3)19(17)16-10-6-14(2)7-11-16/h4-11,17,19-20H,12H2,1-3H3/t17-,19-,20-/m0/s1. The Hall–Kier alpha value is -1.87. The first-order valence-electron chi connectivity index (χ1n) is 8.25. The van der Waals surface area contributed by atoms with Gasteiger partial charge in [0.2, 0.25) is 0 Å². The molecule has 3 rings (SSSR count). The fourth-order valence-corrected chi connectivity index (χ4v) is 4.19. The zero-order valence-corrected chi connectivity index (χ0v) is 15.1. The van der Waals surface area contributed by atoms with Crippen molar-refractivity contribution in [1.29, 1.82) is 0 Å². The molecule has 2 aromatic carbocycles. The highest BCUT2D eigenvalue weighted by atomic mass is 32.2. The molecule has 0 bridgehead atoms. The Morgan fingerprint density at radius 2 is 1.42 bits per heavy atom. The second kappa shape index (κ2) is 6.94. The monoisotopic (exact) mass is 338 g/mol. The highest BCUT2D eigenvalue weighted by molar-refractivity contribution is 8.13. The van der Waals surface area contributed by atoms with Gasteiger partial charge in [-0.05, 0) is 37.1 Å². The average Bonchev–Trinajstić information content (AvgIpc) is 2.93. The molecule has 1 fully saturated rings. The molecular formula is C21H22O2S. The van der Waals surface area contributed by atoms with Gasteiger partial charge >= 0.3 is 0 Å². The Kier molecular flexibility index (Phi) is 4.91. The zero-order valence-electron chi connectivity index (χ0n) is 14.3.